The minimum absolute atomic E-state index is 0.521. The maximum Gasteiger partial charge on any atom is 0.323 e. The van der Waals surface area contributed by atoms with E-state index < -0.39 is 11.5 Å². The van der Waals surface area contributed by atoms with Crippen LogP contribution >= 0.6 is 0 Å². The van der Waals surface area contributed by atoms with E-state index in [1.54, 1.807) is 13.8 Å². The highest BCUT2D eigenvalue weighted by Crippen LogP contribution is 2.19. The number of carbonyl (C=O) groups is 1. The molecule has 0 amide bonds. The van der Waals surface area contributed by atoms with Gasteiger partial charge in [-0.1, -0.05) is 38.1 Å². The average molecular weight is 249 g/mol. The van der Waals surface area contributed by atoms with Crippen LogP contribution in [-0.4, -0.2) is 28.6 Å². The molecule has 1 N–H and O–H groups in total. The lowest BCUT2D eigenvalue weighted by atomic mass is 10.00. The van der Waals surface area contributed by atoms with Crippen LogP contribution in [0.2, 0.25) is 0 Å². The van der Waals surface area contributed by atoms with Gasteiger partial charge in [0.2, 0.25) is 0 Å². The summed E-state index contributed by atoms with van der Waals surface area (Å²) < 4.78 is 0. The lowest BCUT2D eigenvalue weighted by Gasteiger charge is -2.31. The van der Waals surface area contributed by atoms with Crippen LogP contribution in [0, 0.1) is 0 Å². The molecular weight excluding hydrogens is 226 g/mol. The summed E-state index contributed by atoms with van der Waals surface area (Å²) in [5.74, 6) is -0.281. The zero-order valence-corrected chi connectivity index (χ0v) is 11.9. The molecule has 0 saturated carbocycles. The molecule has 100 valence electrons. The van der Waals surface area contributed by atoms with E-state index in [2.05, 4.69) is 38.1 Å². The van der Waals surface area contributed by atoms with Crippen molar-refractivity contribution < 1.29 is 9.90 Å². The number of carboxylic acid groups (broad SMARTS) is 1. The third-order valence-electron chi connectivity index (χ3n) is 3.54. The number of likely N-dealkylation sites (N-methyl/N-ethyl adjacent to an activating group) is 1. The molecule has 0 aliphatic heterocycles. The monoisotopic (exact) mass is 249 g/mol. The van der Waals surface area contributed by atoms with E-state index in [0.29, 0.717) is 12.5 Å². The highest BCUT2D eigenvalue weighted by Gasteiger charge is 2.31. The first-order valence-corrected chi connectivity index (χ1v) is 6.28. The number of aliphatic carboxylic acids is 1. The zero-order valence-electron chi connectivity index (χ0n) is 11.9. The van der Waals surface area contributed by atoms with Crippen LogP contribution in [0.25, 0.3) is 0 Å². The van der Waals surface area contributed by atoms with Crippen LogP contribution in [0.15, 0.2) is 24.3 Å². The summed E-state index contributed by atoms with van der Waals surface area (Å²) >= 11 is 0. The fourth-order valence-corrected chi connectivity index (χ4v) is 1.64. The van der Waals surface area contributed by atoms with Gasteiger partial charge in [0, 0.05) is 6.54 Å². The van der Waals surface area contributed by atoms with Gasteiger partial charge in [0.15, 0.2) is 0 Å². The number of nitrogens with zero attached hydrogens (tertiary/aromatic N) is 1. The Labute approximate surface area is 109 Å². The Hall–Kier alpha value is -1.35. The van der Waals surface area contributed by atoms with Crippen LogP contribution in [0.5, 0.6) is 0 Å². The van der Waals surface area contributed by atoms with E-state index in [9.17, 15) is 4.79 Å². The summed E-state index contributed by atoms with van der Waals surface area (Å²) in [6.07, 6.45) is 0. The topological polar surface area (TPSA) is 40.5 Å². The molecule has 1 rings (SSSR count). The molecule has 0 saturated heterocycles. The first-order chi connectivity index (χ1) is 8.25. The van der Waals surface area contributed by atoms with Crippen LogP contribution in [0.1, 0.15) is 44.7 Å². The number of rotatable bonds is 5. The fourth-order valence-electron chi connectivity index (χ4n) is 1.64. The molecule has 0 heterocycles. The van der Waals surface area contributed by atoms with Gasteiger partial charge in [0.1, 0.15) is 5.54 Å². The van der Waals surface area contributed by atoms with E-state index >= 15 is 0 Å². The molecule has 0 radical (unpaired) electrons. The van der Waals surface area contributed by atoms with E-state index in [1.165, 1.54) is 5.56 Å². The minimum Gasteiger partial charge on any atom is -0.480 e. The van der Waals surface area contributed by atoms with Crippen LogP contribution in [0.4, 0.5) is 0 Å². The van der Waals surface area contributed by atoms with Gasteiger partial charge in [-0.05, 0) is 37.9 Å². The van der Waals surface area contributed by atoms with Crippen molar-refractivity contribution in [3.63, 3.8) is 0 Å². The summed E-state index contributed by atoms with van der Waals surface area (Å²) in [4.78, 5) is 13.0. The van der Waals surface area contributed by atoms with Gasteiger partial charge in [-0.2, -0.15) is 0 Å². The molecule has 0 aromatic heterocycles. The van der Waals surface area contributed by atoms with Crippen molar-refractivity contribution in [2.45, 2.75) is 45.7 Å². The second-order valence-corrected chi connectivity index (χ2v) is 5.62. The summed E-state index contributed by atoms with van der Waals surface area (Å²) in [5.41, 5.74) is 1.59. The highest BCUT2D eigenvalue weighted by atomic mass is 16.4. The molecule has 1 aromatic rings. The van der Waals surface area contributed by atoms with Gasteiger partial charge in [0.25, 0.3) is 0 Å². The van der Waals surface area contributed by atoms with E-state index in [0.717, 1.165) is 5.56 Å². The van der Waals surface area contributed by atoms with Gasteiger partial charge >= 0.3 is 5.97 Å². The van der Waals surface area contributed by atoms with E-state index in [1.807, 2.05) is 11.9 Å². The maximum atomic E-state index is 11.2. The molecule has 0 aliphatic carbocycles. The Bertz CT molecular complexity index is 407. The Morgan fingerprint density at radius 1 is 1.28 bits per heavy atom. The van der Waals surface area contributed by atoms with Crippen LogP contribution < -0.4 is 0 Å². The van der Waals surface area contributed by atoms with Crippen molar-refractivity contribution in [3.05, 3.63) is 35.4 Å². The molecule has 3 nitrogen and oxygen atoms in total. The van der Waals surface area contributed by atoms with Crippen molar-refractivity contribution in [3.8, 4) is 0 Å². The fraction of sp³-hybridized carbons (Fsp3) is 0.533. The molecule has 18 heavy (non-hydrogen) atoms. The summed E-state index contributed by atoms with van der Waals surface area (Å²) in [7, 11) is 1.84. The molecule has 0 unspecified atom stereocenters. The molecular formula is C15H23NO2. The summed E-state index contributed by atoms with van der Waals surface area (Å²) in [6.45, 7) is 8.40. The molecule has 0 atom stereocenters. The Morgan fingerprint density at radius 3 is 2.17 bits per heavy atom. The van der Waals surface area contributed by atoms with E-state index in [4.69, 9.17) is 5.11 Å². The quantitative estimate of drug-likeness (QED) is 0.871. The molecule has 0 bridgehead atoms. The largest absolute Gasteiger partial charge is 0.480 e. The summed E-state index contributed by atoms with van der Waals surface area (Å²) in [5, 5.41) is 9.16. The number of benzene rings is 1. The Kier molecular flexibility index (Phi) is 4.52. The minimum atomic E-state index is -0.850. The normalized spacial score (nSPS) is 12.2. The standard InChI is InChI=1S/C15H23NO2/c1-11(2)13-8-6-12(7-9-13)10-16(5)15(3,4)14(17)18/h6-9,11H,10H2,1-5H3,(H,17,18). The molecule has 3 heteroatoms. The number of hydrogen-bond acceptors (Lipinski definition) is 2. The predicted octanol–water partition coefficient (Wildman–Crippen LogP) is 3.11. The lowest BCUT2D eigenvalue weighted by molar-refractivity contribution is -0.148. The molecule has 0 aliphatic rings. The van der Waals surface area contributed by atoms with Crippen molar-refractivity contribution in [1.82, 2.24) is 4.90 Å². The maximum absolute atomic E-state index is 11.2. The smallest absolute Gasteiger partial charge is 0.323 e. The second kappa shape index (κ2) is 5.53. The SMILES string of the molecule is CC(C)c1ccc(CN(C)C(C)(C)C(=O)O)cc1. The summed E-state index contributed by atoms with van der Waals surface area (Å²) in [6, 6.07) is 8.37. The third-order valence-corrected chi connectivity index (χ3v) is 3.54. The molecule has 0 spiro atoms. The zero-order chi connectivity index (χ0) is 13.9. The predicted molar refractivity (Wildman–Crippen MR) is 73.7 cm³/mol. The lowest BCUT2D eigenvalue weighted by Crippen LogP contribution is -2.47. The average Bonchev–Trinajstić information content (AvgIpc) is 2.29. The van der Waals surface area contributed by atoms with Crippen molar-refractivity contribution in [2.75, 3.05) is 7.05 Å². The Morgan fingerprint density at radius 2 is 1.78 bits per heavy atom. The first kappa shape index (κ1) is 14.7. The van der Waals surface area contributed by atoms with E-state index in [-0.39, 0.29) is 0 Å². The van der Waals surface area contributed by atoms with Gasteiger partial charge in [0.05, 0.1) is 0 Å². The molecule has 1 aromatic carbocycles. The first-order valence-electron chi connectivity index (χ1n) is 6.28. The van der Waals surface area contributed by atoms with Crippen molar-refractivity contribution >= 4 is 5.97 Å². The van der Waals surface area contributed by atoms with Gasteiger partial charge in [-0.15, -0.1) is 0 Å². The number of carboxylic acids is 1. The van der Waals surface area contributed by atoms with Gasteiger partial charge in [-0.3, -0.25) is 9.69 Å². The van der Waals surface area contributed by atoms with Gasteiger partial charge < -0.3 is 5.11 Å². The number of hydrogen-bond donors (Lipinski definition) is 1. The van der Waals surface area contributed by atoms with Gasteiger partial charge in [-0.25, -0.2) is 0 Å². The Balaban J connectivity index is 2.76. The van der Waals surface area contributed by atoms with Crippen molar-refractivity contribution in [2.24, 2.45) is 0 Å². The van der Waals surface area contributed by atoms with Crippen LogP contribution in [0.3, 0.4) is 0 Å². The van der Waals surface area contributed by atoms with Crippen molar-refractivity contribution in [1.29, 1.82) is 0 Å². The second-order valence-electron chi connectivity index (χ2n) is 5.62. The van der Waals surface area contributed by atoms with Crippen LogP contribution in [-0.2, 0) is 11.3 Å². The third kappa shape index (κ3) is 3.33. The highest BCUT2D eigenvalue weighted by molar-refractivity contribution is 5.77. The molecule has 0 fully saturated rings.